The number of hydrogen-bond acceptors (Lipinski definition) is 3. The number of hydrogen-bond donors (Lipinski definition) is 2. The maximum atomic E-state index is 11.6. The van der Waals surface area contributed by atoms with Crippen LogP contribution in [-0.2, 0) is 9.53 Å². The molecular weight excluding hydrogens is 182 g/mol. The first kappa shape index (κ1) is 10.8. The Morgan fingerprint density at radius 3 is 2.29 bits per heavy atom. The van der Waals surface area contributed by atoms with E-state index in [9.17, 15) is 4.79 Å². The minimum absolute atomic E-state index is 0.0442. The van der Waals surface area contributed by atoms with E-state index in [4.69, 9.17) is 16.2 Å². The Labute approximate surface area is 83.5 Å². The molecular formula is C9H17N3O2. The van der Waals surface area contributed by atoms with Crippen molar-refractivity contribution in [2.45, 2.75) is 37.6 Å². The Bertz CT molecular complexity index is 240. The summed E-state index contributed by atoms with van der Waals surface area (Å²) in [5, 5.41) is 0. The summed E-state index contributed by atoms with van der Waals surface area (Å²) < 4.78 is 4.74. The molecule has 0 heterocycles. The summed E-state index contributed by atoms with van der Waals surface area (Å²) >= 11 is 0. The number of aliphatic imine (C=N–C) groups is 1. The molecule has 0 aliphatic heterocycles. The lowest BCUT2D eigenvalue weighted by atomic mass is 9.82. The van der Waals surface area contributed by atoms with Crippen molar-refractivity contribution in [1.82, 2.24) is 0 Å². The van der Waals surface area contributed by atoms with Crippen LogP contribution in [0.4, 0.5) is 0 Å². The number of guanidine groups is 1. The van der Waals surface area contributed by atoms with E-state index in [0.29, 0.717) is 12.8 Å². The first-order valence-corrected chi connectivity index (χ1v) is 4.80. The fourth-order valence-electron chi connectivity index (χ4n) is 1.94. The third-order valence-corrected chi connectivity index (χ3v) is 2.59. The fourth-order valence-corrected chi connectivity index (χ4v) is 1.94. The number of rotatable bonds is 2. The lowest BCUT2D eigenvalue weighted by Gasteiger charge is -2.30. The molecule has 0 aromatic carbocycles. The van der Waals surface area contributed by atoms with E-state index in [2.05, 4.69) is 4.99 Å². The average Bonchev–Trinajstić information content (AvgIpc) is 2.17. The van der Waals surface area contributed by atoms with E-state index < -0.39 is 5.54 Å². The van der Waals surface area contributed by atoms with Crippen LogP contribution in [0.3, 0.4) is 0 Å². The molecule has 0 unspecified atom stereocenters. The summed E-state index contributed by atoms with van der Waals surface area (Å²) in [4.78, 5) is 15.6. The van der Waals surface area contributed by atoms with Gasteiger partial charge in [-0.05, 0) is 12.8 Å². The van der Waals surface area contributed by atoms with Crippen molar-refractivity contribution in [3.63, 3.8) is 0 Å². The summed E-state index contributed by atoms with van der Waals surface area (Å²) in [6, 6.07) is 0. The molecule has 4 N–H and O–H groups in total. The normalized spacial score (nSPS) is 19.8. The summed E-state index contributed by atoms with van der Waals surface area (Å²) in [5.41, 5.74) is 9.83. The van der Waals surface area contributed by atoms with Gasteiger partial charge in [0.1, 0.15) is 0 Å². The second-order valence-corrected chi connectivity index (χ2v) is 3.62. The van der Waals surface area contributed by atoms with E-state index in [1.165, 1.54) is 7.11 Å². The van der Waals surface area contributed by atoms with Gasteiger partial charge >= 0.3 is 5.97 Å². The number of carbonyl (C=O) groups is 1. The van der Waals surface area contributed by atoms with E-state index in [1.54, 1.807) is 0 Å². The van der Waals surface area contributed by atoms with Gasteiger partial charge in [-0.3, -0.25) is 0 Å². The Kier molecular flexibility index (Phi) is 3.33. The minimum Gasteiger partial charge on any atom is -0.467 e. The highest BCUT2D eigenvalue weighted by Gasteiger charge is 2.40. The van der Waals surface area contributed by atoms with Crippen LogP contribution >= 0.6 is 0 Å². The summed E-state index contributed by atoms with van der Waals surface area (Å²) in [7, 11) is 1.36. The van der Waals surface area contributed by atoms with Crippen LogP contribution < -0.4 is 11.5 Å². The molecule has 0 radical (unpaired) electrons. The topological polar surface area (TPSA) is 90.7 Å². The molecule has 0 amide bonds. The number of ether oxygens (including phenoxy) is 1. The first-order chi connectivity index (χ1) is 6.60. The van der Waals surface area contributed by atoms with Crippen LogP contribution in [0, 0.1) is 0 Å². The molecule has 0 saturated heterocycles. The number of nitrogens with zero attached hydrogens (tertiary/aromatic N) is 1. The molecule has 80 valence electrons. The summed E-state index contributed by atoms with van der Waals surface area (Å²) in [6.07, 6.45) is 4.41. The van der Waals surface area contributed by atoms with Crippen molar-refractivity contribution in [2.24, 2.45) is 16.5 Å². The molecule has 0 atom stereocenters. The predicted octanol–water partition coefficient (Wildman–Crippen LogP) is 0.136. The Hall–Kier alpha value is -1.26. The van der Waals surface area contributed by atoms with E-state index in [0.717, 1.165) is 19.3 Å². The first-order valence-electron chi connectivity index (χ1n) is 4.80. The van der Waals surface area contributed by atoms with Crippen molar-refractivity contribution >= 4 is 11.9 Å². The smallest absolute Gasteiger partial charge is 0.333 e. The van der Waals surface area contributed by atoms with Gasteiger partial charge in [-0.15, -0.1) is 0 Å². The summed E-state index contributed by atoms with van der Waals surface area (Å²) in [5.74, 6) is -0.372. The van der Waals surface area contributed by atoms with Crippen LogP contribution in [0.5, 0.6) is 0 Å². The van der Waals surface area contributed by atoms with E-state index >= 15 is 0 Å². The predicted molar refractivity (Wildman–Crippen MR) is 53.6 cm³/mol. The molecule has 1 rings (SSSR count). The molecule has 14 heavy (non-hydrogen) atoms. The number of carbonyl (C=O) groups excluding carboxylic acids is 1. The molecule has 5 nitrogen and oxygen atoms in total. The van der Waals surface area contributed by atoms with Gasteiger partial charge in [0.25, 0.3) is 0 Å². The molecule has 1 saturated carbocycles. The Morgan fingerprint density at radius 2 is 1.86 bits per heavy atom. The third-order valence-electron chi connectivity index (χ3n) is 2.59. The van der Waals surface area contributed by atoms with Crippen molar-refractivity contribution in [1.29, 1.82) is 0 Å². The van der Waals surface area contributed by atoms with Gasteiger partial charge < -0.3 is 16.2 Å². The lowest BCUT2D eigenvalue weighted by Crippen LogP contribution is -2.43. The molecule has 1 aliphatic rings. The third kappa shape index (κ3) is 2.16. The van der Waals surface area contributed by atoms with Gasteiger partial charge in [-0.1, -0.05) is 19.3 Å². The lowest BCUT2D eigenvalue weighted by molar-refractivity contribution is -0.148. The van der Waals surface area contributed by atoms with Gasteiger partial charge in [0.05, 0.1) is 7.11 Å². The maximum absolute atomic E-state index is 11.6. The van der Waals surface area contributed by atoms with Crippen molar-refractivity contribution in [2.75, 3.05) is 7.11 Å². The van der Waals surface area contributed by atoms with Gasteiger partial charge in [-0.2, -0.15) is 0 Å². The molecule has 0 aromatic rings. The molecule has 0 spiro atoms. The van der Waals surface area contributed by atoms with Crippen LogP contribution in [0.15, 0.2) is 4.99 Å². The Balaban J connectivity index is 2.88. The van der Waals surface area contributed by atoms with E-state index in [1.807, 2.05) is 0 Å². The number of nitrogens with two attached hydrogens (primary N) is 2. The van der Waals surface area contributed by atoms with Gasteiger partial charge in [0, 0.05) is 0 Å². The molecule has 1 fully saturated rings. The zero-order valence-corrected chi connectivity index (χ0v) is 8.45. The molecule has 0 aromatic heterocycles. The summed E-state index contributed by atoms with van der Waals surface area (Å²) in [6.45, 7) is 0. The standard InChI is InChI=1S/C9H17N3O2/c1-14-7(13)9(12-8(10)11)5-3-2-4-6-9/h2-6H2,1H3,(H4,10,11,12). The highest BCUT2D eigenvalue weighted by atomic mass is 16.5. The van der Waals surface area contributed by atoms with Crippen molar-refractivity contribution in [3.8, 4) is 0 Å². The maximum Gasteiger partial charge on any atom is 0.333 e. The van der Waals surface area contributed by atoms with Gasteiger partial charge in [0.15, 0.2) is 11.5 Å². The van der Waals surface area contributed by atoms with E-state index in [-0.39, 0.29) is 11.9 Å². The SMILES string of the molecule is COC(=O)C1(N=C(N)N)CCCCC1. The quantitative estimate of drug-likeness (QED) is 0.376. The number of methoxy groups -OCH3 is 1. The monoisotopic (exact) mass is 199 g/mol. The second-order valence-electron chi connectivity index (χ2n) is 3.62. The molecule has 5 heteroatoms. The molecule has 1 aliphatic carbocycles. The number of esters is 1. The van der Waals surface area contributed by atoms with Crippen LogP contribution in [0.25, 0.3) is 0 Å². The largest absolute Gasteiger partial charge is 0.467 e. The highest BCUT2D eigenvalue weighted by Crippen LogP contribution is 2.32. The zero-order chi connectivity index (χ0) is 10.6. The van der Waals surface area contributed by atoms with Crippen LogP contribution in [-0.4, -0.2) is 24.6 Å². The van der Waals surface area contributed by atoms with Crippen LogP contribution in [0.1, 0.15) is 32.1 Å². The molecule has 0 bridgehead atoms. The van der Waals surface area contributed by atoms with Crippen LogP contribution in [0.2, 0.25) is 0 Å². The van der Waals surface area contributed by atoms with Crippen molar-refractivity contribution < 1.29 is 9.53 Å². The fraction of sp³-hybridized carbons (Fsp3) is 0.778. The van der Waals surface area contributed by atoms with Gasteiger partial charge in [-0.25, -0.2) is 9.79 Å². The second kappa shape index (κ2) is 4.30. The zero-order valence-electron chi connectivity index (χ0n) is 8.45. The van der Waals surface area contributed by atoms with Gasteiger partial charge in [0.2, 0.25) is 0 Å². The minimum atomic E-state index is -0.814. The van der Waals surface area contributed by atoms with Crippen molar-refractivity contribution in [3.05, 3.63) is 0 Å². The average molecular weight is 199 g/mol. The highest BCUT2D eigenvalue weighted by molar-refractivity contribution is 5.86. The Morgan fingerprint density at radius 1 is 1.29 bits per heavy atom.